The van der Waals surface area contributed by atoms with Gasteiger partial charge >= 0.3 is 0 Å². The zero-order valence-corrected chi connectivity index (χ0v) is 23.5. The number of non-ortho nitro benzene ring substituents is 1. The number of nitro groups is 1. The predicted molar refractivity (Wildman–Crippen MR) is 155 cm³/mol. The topological polar surface area (TPSA) is 139 Å². The van der Waals surface area contributed by atoms with Crippen LogP contribution in [0.15, 0.2) is 36.4 Å². The fourth-order valence-electron chi connectivity index (χ4n) is 5.30. The molecule has 2 heterocycles. The molecule has 0 bridgehead atoms. The third-order valence-electron chi connectivity index (χ3n) is 7.28. The summed E-state index contributed by atoms with van der Waals surface area (Å²) in [5.74, 6) is 0.605. The van der Waals surface area contributed by atoms with Crippen LogP contribution >= 0.6 is 0 Å². The number of H-pyrrole nitrogens is 1. The van der Waals surface area contributed by atoms with E-state index in [2.05, 4.69) is 10.3 Å². The molecule has 12 heteroatoms. The number of carbonyl (C=O) groups excluding carboxylic acids is 2. The number of nitrogens with zero attached hydrogens (tertiary/aromatic N) is 3. The van der Waals surface area contributed by atoms with Gasteiger partial charge in [0.2, 0.25) is 5.75 Å². The summed E-state index contributed by atoms with van der Waals surface area (Å²) in [5.41, 5.74) is 2.32. The molecule has 1 aliphatic rings. The molecular formula is C29H31N5O7. The van der Waals surface area contributed by atoms with Crippen LogP contribution in [0, 0.1) is 10.1 Å². The number of amides is 2. The molecule has 0 aliphatic carbocycles. The Kier molecular flexibility index (Phi) is 7.41. The number of aromatic nitrogens is 1. The number of hydrogen-bond donors (Lipinski definition) is 2. The molecule has 0 fully saturated rings. The SMILES string of the molecule is COc1cc2cc(C(=O)N3CCc4c3cc([N+](=O)[O-])c3ccc(C(=O)NCCN(C)C)cc43)[nH]c2c(OC)c1OC. The molecule has 0 saturated carbocycles. The van der Waals surface area contributed by atoms with Crippen LogP contribution in [0.1, 0.15) is 26.4 Å². The molecule has 2 amide bonds. The van der Waals surface area contributed by atoms with Crippen LogP contribution in [0.2, 0.25) is 0 Å². The molecule has 1 aliphatic heterocycles. The molecule has 41 heavy (non-hydrogen) atoms. The van der Waals surface area contributed by atoms with Crippen molar-refractivity contribution in [2.45, 2.75) is 6.42 Å². The van der Waals surface area contributed by atoms with Crippen molar-refractivity contribution in [1.82, 2.24) is 15.2 Å². The molecule has 0 radical (unpaired) electrons. The Morgan fingerprint density at radius 2 is 1.80 bits per heavy atom. The number of methoxy groups -OCH3 is 3. The lowest BCUT2D eigenvalue weighted by molar-refractivity contribution is -0.383. The quantitative estimate of drug-likeness (QED) is 0.233. The Hall–Kier alpha value is -4.84. The highest BCUT2D eigenvalue weighted by atomic mass is 16.6. The Balaban J connectivity index is 1.56. The summed E-state index contributed by atoms with van der Waals surface area (Å²) in [6, 6.07) is 9.73. The number of hydrogen-bond acceptors (Lipinski definition) is 8. The maximum absolute atomic E-state index is 13.8. The van der Waals surface area contributed by atoms with Crippen LogP contribution in [-0.2, 0) is 6.42 Å². The average molecular weight is 562 g/mol. The van der Waals surface area contributed by atoms with E-state index in [1.165, 1.54) is 32.3 Å². The lowest BCUT2D eigenvalue weighted by atomic mass is 9.98. The number of nitrogens with one attached hydrogen (secondary N) is 2. The van der Waals surface area contributed by atoms with E-state index in [0.717, 1.165) is 5.56 Å². The minimum absolute atomic E-state index is 0.134. The summed E-state index contributed by atoms with van der Waals surface area (Å²) in [6.07, 6.45) is 0.479. The molecule has 2 N–H and O–H groups in total. The fraction of sp³-hybridized carbons (Fsp3) is 0.310. The highest BCUT2D eigenvalue weighted by Gasteiger charge is 2.32. The monoisotopic (exact) mass is 561 g/mol. The van der Waals surface area contributed by atoms with Crippen LogP contribution in [0.4, 0.5) is 11.4 Å². The minimum Gasteiger partial charge on any atom is -0.493 e. The third-order valence-corrected chi connectivity index (χ3v) is 7.28. The van der Waals surface area contributed by atoms with Gasteiger partial charge in [0.1, 0.15) is 5.69 Å². The maximum atomic E-state index is 13.8. The van der Waals surface area contributed by atoms with Crippen molar-refractivity contribution in [3.63, 3.8) is 0 Å². The summed E-state index contributed by atoms with van der Waals surface area (Å²) in [4.78, 5) is 44.8. The van der Waals surface area contributed by atoms with Crippen molar-refractivity contribution in [2.24, 2.45) is 0 Å². The number of rotatable bonds is 9. The number of ether oxygens (including phenoxy) is 3. The number of anilines is 1. The van der Waals surface area contributed by atoms with Gasteiger partial charge in [-0.3, -0.25) is 19.7 Å². The fourth-order valence-corrected chi connectivity index (χ4v) is 5.30. The van der Waals surface area contributed by atoms with Crippen LogP contribution in [0.5, 0.6) is 17.2 Å². The van der Waals surface area contributed by atoms with Crippen molar-refractivity contribution in [3.8, 4) is 17.2 Å². The molecule has 0 spiro atoms. The van der Waals surface area contributed by atoms with E-state index in [1.54, 1.807) is 30.3 Å². The van der Waals surface area contributed by atoms with E-state index in [4.69, 9.17) is 14.2 Å². The number of benzene rings is 3. The molecule has 4 aromatic rings. The van der Waals surface area contributed by atoms with E-state index in [1.807, 2.05) is 19.0 Å². The molecule has 12 nitrogen and oxygen atoms in total. The first-order valence-electron chi connectivity index (χ1n) is 13.0. The number of likely N-dealkylation sites (N-methyl/N-ethyl adjacent to an activating group) is 1. The lowest BCUT2D eigenvalue weighted by Crippen LogP contribution is -2.31. The summed E-state index contributed by atoms with van der Waals surface area (Å²) >= 11 is 0. The zero-order chi connectivity index (χ0) is 29.4. The van der Waals surface area contributed by atoms with Crippen molar-refractivity contribution in [1.29, 1.82) is 0 Å². The Bertz CT molecular complexity index is 1690. The van der Waals surface area contributed by atoms with E-state index in [0.29, 0.717) is 76.2 Å². The molecule has 214 valence electrons. The van der Waals surface area contributed by atoms with Gasteiger partial charge in [-0.05, 0) is 61.8 Å². The number of nitro benzene ring substituents is 1. The van der Waals surface area contributed by atoms with Gasteiger partial charge in [-0.25, -0.2) is 0 Å². The van der Waals surface area contributed by atoms with E-state index in [-0.39, 0.29) is 23.2 Å². The van der Waals surface area contributed by atoms with Crippen LogP contribution < -0.4 is 24.4 Å². The van der Waals surface area contributed by atoms with Gasteiger partial charge in [-0.15, -0.1) is 0 Å². The van der Waals surface area contributed by atoms with Crippen molar-refractivity contribution < 1.29 is 28.7 Å². The van der Waals surface area contributed by atoms with Crippen LogP contribution in [0.25, 0.3) is 21.7 Å². The normalized spacial score (nSPS) is 12.6. The molecule has 1 aromatic heterocycles. The van der Waals surface area contributed by atoms with Gasteiger partial charge in [-0.2, -0.15) is 0 Å². The highest BCUT2D eigenvalue weighted by molar-refractivity contribution is 6.12. The smallest absolute Gasteiger partial charge is 0.279 e. The molecule has 0 atom stereocenters. The molecule has 0 saturated heterocycles. The minimum atomic E-state index is -0.466. The maximum Gasteiger partial charge on any atom is 0.279 e. The first kappa shape index (κ1) is 27.7. The first-order chi connectivity index (χ1) is 19.7. The van der Waals surface area contributed by atoms with Gasteiger partial charge in [0.25, 0.3) is 17.5 Å². The van der Waals surface area contributed by atoms with Crippen LogP contribution in [-0.4, -0.2) is 81.7 Å². The van der Waals surface area contributed by atoms with E-state index in [9.17, 15) is 19.7 Å². The molecule has 5 rings (SSSR count). The van der Waals surface area contributed by atoms with Crippen molar-refractivity contribution in [3.05, 3.63) is 63.3 Å². The lowest BCUT2D eigenvalue weighted by Gasteiger charge is -2.17. The number of fused-ring (bicyclic) bond motifs is 4. The van der Waals surface area contributed by atoms with Gasteiger partial charge in [0, 0.05) is 36.7 Å². The average Bonchev–Trinajstić information content (AvgIpc) is 3.59. The van der Waals surface area contributed by atoms with Gasteiger partial charge in [0.15, 0.2) is 11.5 Å². The zero-order valence-electron chi connectivity index (χ0n) is 23.5. The standard InChI is InChI=1S/C29H31N5O7/c1-32(2)11-9-30-28(35)16-6-7-18-20(12-16)19-8-10-33(22(19)15-23(18)34(37)38)29(36)21-13-17-14-24(39-3)26(40-4)27(41-5)25(17)31-21/h6-7,12-15,31H,8-11H2,1-5H3,(H,30,35). The molecular weight excluding hydrogens is 530 g/mol. The largest absolute Gasteiger partial charge is 0.493 e. The third kappa shape index (κ3) is 4.86. The van der Waals surface area contributed by atoms with Crippen LogP contribution in [0.3, 0.4) is 0 Å². The second kappa shape index (κ2) is 11.0. The predicted octanol–water partition coefficient (Wildman–Crippen LogP) is 3.75. The Morgan fingerprint density at radius 3 is 2.46 bits per heavy atom. The number of aromatic amines is 1. The summed E-state index contributed by atoms with van der Waals surface area (Å²) in [5, 5.41) is 16.6. The van der Waals surface area contributed by atoms with Gasteiger partial charge < -0.3 is 34.3 Å². The molecule has 3 aromatic carbocycles. The second-order valence-electron chi connectivity index (χ2n) is 9.97. The molecule has 0 unspecified atom stereocenters. The van der Waals surface area contributed by atoms with E-state index >= 15 is 0 Å². The second-order valence-corrected chi connectivity index (χ2v) is 9.97. The summed E-state index contributed by atoms with van der Waals surface area (Å²) in [6.45, 7) is 1.46. The summed E-state index contributed by atoms with van der Waals surface area (Å²) < 4.78 is 16.4. The van der Waals surface area contributed by atoms with E-state index < -0.39 is 4.92 Å². The Morgan fingerprint density at radius 1 is 1.05 bits per heavy atom. The highest BCUT2D eigenvalue weighted by Crippen LogP contribution is 2.44. The van der Waals surface area contributed by atoms with Crippen molar-refractivity contribution in [2.75, 3.05) is 60.0 Å². The van der Waals surface area contributed by atoms with Gasteiger partial charge in [-0.1, -0.05) is 0 Å². The van der Waals surface area contributed by atoms with Crippen molar-refractivity contribution >= 4 is 44.9 Å². The summed E-state index contributed by atoms with van der Waals surface area (Å²) in [7, 11) is 8.34. The number of carbonyl (C=O) groups is 2. The van der Waals surface area contributed by atoms with Gasteiger partial charge in [0.05, 0.1) is 42.8 Å². The first-order valence-corrected chi connectivity index (χ1v) is 13.0. The Labute approximate surface area is 235 Å².